The summed E-state index contributed by atoms with van der Waals surface area (Å²) in [5, 5.41) is 6.86. The van der Waals surface area contributed by atoms with Crippen molar-refractivity contribution in [1.29, 1.82) is 0 Å². The molecule has 5 unspecified atom stereocenters. The molecule has 5 atom stereocenters. The molecule has 4 aromatic rings. The number of benzene rings is 3. The van der Waals surface area contributed by atoms with Crippen molar-refractivity contribution in [3.63, 3.8) is 0 Å². The zero-order chi connectivity index (χ0) is 29.8. The molecule has 2 heterocycles. The predicted molar refractivity (Wildman–Crippen MR) is 164 cm³/mol. The standard InChI is InChI=1S/C34H37F3N4OS/c35-34(36,37)42-28-15-8-7-14-25(28)21-40-32-27-20-26(27)22-41(29(38)16-9-17-30-39-18-19-43-30)33(32)31(23-10-3-1-4-11-23)24-12-5-2-6-13-24/h1-8,10-15,18-19,26-27,29,31-33,40H,9,16-17,20-22,38H2. The van der Waals surface area contributed by atoms with E-state index in [-0.39, 0.29) is 36.5 Å². The quantitative estimate of drug-likeness (QED) is 0.183. The highest BCUT2D eigenvalue weighted by Crippen LogP contribution is 2.51. The van der Waals surface area contributed by atoms with Crippen LogP contribution in [0.25, 0.3) is 0 Å². The molecule has 1 saturated heterocycles. The van der Waals surface area contributed by atoms with Gasteiger partial charge in [0.1, 0.15) is 5.75 Å². The van der Waals surface area contributed by atoms with Crippen molar-refractivity contribution in [2.24, 2.45) is 17.6 Å². The SMILES string of the molecule is NC(CCCc1nccs1)N1CC2CC2C(NCc2ccccc2OC(F)(F)F)C1C(c1ccccc1)c1ccccc1. The molecule has 226 valence electrons. The number of piperidine rings is 1. The van der Waals surface area contributed by atoms with E-state index in [0.717, 1.165) is 37.2 Å². The molecule has 5 nitrogen and oxygen atoms in total. The van der Waals surface area contributed by atoms with Crippen molar-refractivity contribution >= 4 is 11.3 Å². The number of aryl methyl sites for hydroxylation is 1. The normalized spacial score (nSPS) is 22.7. The summed E-state index contributed by atoms with van der Waals surface area (Å²) >= 11 is 1.67. The molecule has 0 radical (unpaired) electrons. The van der Waals surface area contributed by atoms with Gasteiger partial charge in [0.05, 0.1) is 11.2 Å². The highest BCUT2D eigenvalue weighted by atomic mass is 32.1. The Kier molecular flexibility index (Phi) is 9.14. The molecule has 2 aliphatic rings. The summed E-state index contributed by atoms with van der Waals surface area (Å²) in [6.07, 6.45) is 0.672. The average Bonchev–Trinajstić information content (AvgIpc) is 3.60. The van der Waals surface area contributed by atoms with Gasteiger partial charge < -0.3 is 15.8 Å². The number of hydrogen-bond donors (Lipinski definition) is 2. The number of nitrogens with two attached hydrogens (primary N) is 1. The predicted octanol–water partition coefficient (Wildman–Crippen LogP) is 6.96. The number of nitrogens with one attached hydrogen (secondary N) is 1. The van der Waals surface area contributed by atoms with Gasteiger partial charge >= 0.3 is 6.36 Å². The lowest BCUT2D eigenvalue weighted by Crippen LogP contribution is -2.62. The largest absolute Gasteiger partial charge is 0.573 e. The first kappa shape index (κ1) is 29.8. The van der Waals surface area contributed by atoms with Crippen molar-refractivity contribution in [2.75, 3.05) is 6.54 Å². The van der Waals surface area contributed by atoms with Crippen LogP contribution in [0.3, 0.4) is 0 Å². The third-order valence-electron chi connectivity index (χ3n) is 8.82. The van der Waals surface area contributed by atoms with Gasteiger partial charge in [-0.15, -0.1) is 24.5 Å². The van der Waals surface area contributed by atoms with Crippen molar-refractivity contribution in [2.45, 2.75) is 62.8 Å². The number of nitrogens with zero attached hydrogens (tertiary/aromatic N) is 2. The summed E-state index contributed by atoms with van der Waals surface area (Å²) in [6.45, 7) is 1.18. The Balaban J connectivity index is 1.32. The van der Waals surface area contributed by atoms with Gasteiger partial charge in [0.15, 0.2) is 0 Å². The van der Waals surface area contributed by atoms with Crippen molar-refractivity contribution in [3.05, 3.63) is 118 Å². The number of likely N-dealkylation sites (tertiary alicyclic amines) is 1. The smallest absolute Gasteiger partial charge is 0.405 e. The van der Waals surface area contributed by atoms with Gasteiger partial charge in [-0.05, 0) is 54.7 Å². The summed E-state index contributed by atoms with van der Waals surface area (Å²) in [5.41, 5.74) is 9.93. The lowest BCUT2D eigenvalue weighted by atomic mass is 9.77. The number of halogens is 3. The second kappa shape index (κ2) is 13.2. The van der Waals surface area contributed by atoms with E-state index in [0.29, 0.717) is 17.4 Å². The molecule has 1 aromatic heterocycles. The second-order valence-electron chi connectivity index (χ2n) is 11.6. The Morgan fingerprint density at radius 3 is 2.30 bits per heavy atom. The van der Waals surface area contributed by atoms with Crippen LogP contribution in [0, 0.1) is 11.8 Å². The van der Waals surface area contributed by atoms with Crippen LogP contribution in [0.5, 0.6) is 5.75 Å². The summed E-state index contributed by atoms with van der Waals surface area (Å²) in [6, 6.07) is 27.4. The third-order valence-corrected chi connectivity index (χ3v) is 9.66. The number of ether oxygens (including phenoxy) is 1. The van der Waals surface area contributed by atoms with Gasteiger partial charge in [0.25, 0.3) is 0 Å². The van der Waals surface area contributed by atoms with E-state index in [4.69, 9.17) is 5.73 Å². The minimum atomic E-state index is -4.75. The summed E-state index contributed by atoms with van der Waals surface area (Å²) in [4.78, 5) is 6.92. The lowest BCUT2D eigenvalue weighted by Gasteiger charge is -2.48. The molecule has 3 aromatic carbocycles. The molecule has 0 bridgehead atoms. The van der Waals surface area contributed by atoms with E-state index in [9.17, 15) is 13.2 Å². The molecule has 3 N–H and O–H groups in total. The van der Waals surface area contributed by atoms with Crippen molar-refractivity contribution in [3.8, 4) is 5.75 Å². The summed E-state index contributed by atoms with van der Waals surface area (Å²) in [7, 11) is 0. The van der Waals surface area contributed by atoms with Crippen LogP contribution in [0.4, 0.5) is 13.2 Å². The minimum Gasteiger partial charge on any atom is -0.405 e. The molecule has 9 heteroatoms. The molecular weight excluding hydrogens is 569 g/mol. The Morgan fingerprint density at radius 2 is 1.65 bits per heavy atom. The Labute approximate surface area is 254 Å². The van der Waals surface area contributed by atoms with E-state index in [2.05, 4.69) is 68.5 Å². The number of alkyl halides is 3. The van der Waals surface area contributed by atoms with Crippen LogP contribution in [-0.4, -0.2) is 41.0 Å². The fourth-order valence-electron chi connectivity index (χ4n) is 6.81. The van der Waals surface area contributed by atoms with Crippen LogP contribution >= 0.6 is 11.3 Å². The molecule has 0 spiro atoms. The number of thiazole rings is 1. The molecule has 1 aliphatic carbocycles. The first-order valence-electron chi connectivity index (χ1n) is 14.9. The van der Waals surface area contributed by atoms with Gasteiger partial charge in [-0.2, -0.15) is 0 Å². The molecule has 1 aliphatic heterocycles. The van der Waals surface area contributed by atoms with Gasteiger partial charge in [-0.1, -0.05) is 78.9 Å². The summed E-state index contributed by atoms with van der Waals surface area (Å²) < 4.78 is 44.0. The highest BCUT2D eigenvalue weighted by Gasteiger charge is 2.55. The molecule has 0 amide bonds. The number of rotatable bonds is 12. The molecule has 1 saturated carbocycles. The van der Waals surface area contributed by atoms with Gasteiger partial charge in [0, 0.05) is 48.2 Å². The van der Waals surface area contributed by atoms with Gasteiger partial charge in [0.2, 0.25) is 0 Å². The Hall–Kier alpha value is -3.24. The second-order valence-corrected chi connectivity index (χ2v) is 12.6. The third kappa shape index (κ3) is 7.29. The monoisotopic (exact) mass is 606 g/mol. The molecular formula is C34H37F3N4OS. The molecule has 6 rings (SSSR count). The highest BCUT2D eigenvalue weighted by molar-refractivity contribution is 7.09. The van der Waals surface area contributed by atoms with E-state index in [1.54, 1.807) is 29.5 Å². The van der Waals surface area contributed by atoms with E-state index in [1.807, 2.05) is 23.7 Å². The van der Waals surface area contributed by atoms with E-state index in [1.165, 1.54) is 17.2 Å². The van der Waals surface area contributed by atoms with Crippen LogP contribution in [0.2, 0.25) is 0 Å². The number of hydrogen-bond acceptors (Lipinski definition) is 6. The van der Waals surface area contributed by atoms with Crippen LogP contribution < -0.4 is 15.8 Å². The molecule has 2 fully saturated rings. The van der Waals surface area contributed by atoms with Crippen molar-refractivity contribution in [1.82, 2.24) is 15.2 Å². The van der Waals surface area contributed by atoms with Crippen LogP contribution in [0.1, 0.15) is 46.9 Å². The number of para-hydroxylation sites is 1. The van der Waals surface area contributed by atoms with Crippen LogP contribution in [0.15, 0.2) is 96.5 Å². The number of fused-ring (bicyclic) bond motifs is 1. The van der Waals surface area contributed by atoms with Gasteiger partial charge in [-0.3, -0.25) is 4.90 Å². The topological polar surface area (TPSA) is 63.4 Å². The fourth-order valence-corrected chi connectivity index (χ4v) is 7.48. The number of aromatic nitrogens is 1. The van der Waals surface area contributed by atoms with Crippen molar-refractivity contribution < 1.29 is 17.9 Å². The summed E-state index contributed by atoms with van der Waals surface area (Å²) in [5.74, 6) is 0.788. The maximum absolute atomic E-state index is 13.2. The van der Waals surface area contributed by atoms with E-state index < -0.39 is 6.36 Å². The Bertz CT molecular complexity index is 1400. The van der Waals surface area contributed by atoms with E-state index >= 15 is 0 Å². The maximum Gasteiger partial charge on any atom is 0.573 e. The fraction of sp³-hybridized carbons (Fsp3) is 0.382. The zero-order valence-electron chi connectivity index (χ0n) is 23.9. The zero-order valence-corrected chi connectivity index (χ0v) is 24.7. The van der Waals surface area contributed by atoms with Gasteiger partial charge in [-0.25, -0.2) is 4.98 Å². The average molecular weight is 607 g/mol. The Morgan fingerprint density at radius 1 is 0.977 bits per heavy atom. The maximum atomic E-state index is 13.2. The first-order valence-corrected chi connectivity index (χ1v) is 15.8. The van der Waals surface area contributed by atoms with Crippen LogP contribution in [-0.2, 0) is 13.0 Å². The first-order chi connectivity index (χ1) is 20.9. The molecule has 43 heavy (non-hydrogen) atoms. The lowest BCUT2D eigenvalue weighted by molar-refractivity contribution is -0.274. The minimum absolute atomic E-state index is 0.000825.